The average Bonchev–Trinajstić information content (AvgIpc) is 2.79. The molecule has 1 heterocycles. The van der Waals surface area contributed by atoms with Crippen molar-refractivity contribution in [2.75, 3.05) is 36.4 Å². The molecular weight excluding hydrogens is 517 g/mol. The third-order valence-corrected chi connectivity index (χ3v) is 8.39. The van der Waals surface area contributed by atoms with E-state index in [0.29, 0.717) is 34.5 Å². The maximum atomic E-state index is 13.0. The second-order valence-corrected chi connectivity index (χ2v) is 11.1. The standard InChI is InChI=1S/C24H22Cl3N3O3S/c1-16-5-8-18(9-6-16)34(32,33)30-13-11-29(12-14-30)23-20(26)3-2-4-22(23)28-24(31)19-10-7-17(25)15-21(19)27/h2-10,15H,11-14H2,1H3,(H,28,31). The minimum absolute atomic E-state index is 0.239. The van der Waals surface area contributed by atoms with Crippen molar-refractivity contribution in [2.45, 2.75) is 11.8 Å². The van der Waals surface area contributed by atoms with E-state index in [-0.39, 0.29) is 28.6 Å². The Labute approximate surface area is 214 Å². The molecule has 4 rings (SSSR count). The van der Waals surface area contributed by atoms with E-state index in [1.54, 1.807) is 54.6 Å². The predicted octanol–water partition coefficient (Wildman–Crippen LogP) is 5.72. The Bertz CT molecular complexity index is 1320. The van der Waals surface area contributed by atoms with Gasteiger partial charge < -0.3 is 10.2 Å². The molecule has 3 aromatic carbocycles. The van der Waals surface area contributed by atoms with Gasteiger partial charge in [-0.05, 0) is 49.4 Å². The molecule has 34 heavy (non-hydrogen) atoms. The van der Waals surface area contributed by atoms with E-state index in [1.807, 2.05) is 11.8 Å². The number of para-hydroxylation sites is 1. The van der Waals surface area contributed by atoms with E-state index in [0.717, 1.165) is 5.56 Å². The highest BCUT2D eigenvalue weighted by Gasteiger charge is 2.30. The van der Waals surface area contributed by atoms with Crippen molar-refractivity contribution in [1.29, 1.82) is 0 Å². The lowest BCUT2D eigenvalue weighted by atomic mass is 10.1. The molecule has 1 N–H and O–H groups in total. The largest absolute Gasteiger partial charge is 0.366 e. The molecule has 0 unspecified atom stereocenters. The van der Waals surface area contributed by atoms with Crippen LogP contribution in [0.2, 0.25) is 15.1 Å². The van der Waals surface area contributed by atoms with Gasteiger partial charge in [0.2, 0.25) is 10.0 Å². The van der Waals surface area contributed by atoms with Crippen LogP contribution in [0.4, 0.5) is 11.4 Å². The quantitative estimate of drug-likeness (QED) is 0.451. The second-order valence-electron chi connectivity index (χ2n) is 7.92. The van der Waals surface area contributed by atoms with Gasteiger partial charge in [-0.2, -0.15) is 4.31 Å². The number of aryl methyl sites for hydroxylation is 1. The van der Waals surface area contributed by atoms with Crippen molar-refractivity contribution in [3.63, 3.8) is 0 Å². The van der Waals surface area contributed by atoms with E-state index in [2.05, 4.69) is 5.32 Å². The molecule has 0 aromatic heterocycles. The van der Waals surface area contributed by atoms with E-state index in [9.17, 15) is 13.2 Å². The first-order valence-corrected chi connectivity index (χ1v) is 13.1. The summed E-state index contributed by atoms with van der Waals surface area (Å²) in [6.45, 7) is 3.32. The van der Waals surface area contributed by atoms with Crippen LogP contribution >= 0.6 is 34.8 Å². The van der Waals surface area contributed by atoms with Crippen LogP contribution in [0.15, 0.2) is 65.6 Å². The van der Waals surface area contributed by atoms with Crippen molar-refractivity contribution in [3.05, 3.63) is 86.9 Å². The third-order valence-electron chi connectivity index (χ3n) is 5.62. The van der Waals surface area contributed by atoms with Gasteiger partial charge >= 0.3 is 0 Å². The monoisotopic (exact) mass is 537 g/mol. The number of hydrogen-bond acceptors (Lipinski definition) is 4. The summed E-state index contributed by atoms with van der Waals surface area (Å²) in [4.78, 5) is 15.1. The fourth-order valence-corrected chi connectivity index (χ4v) is 6.02. The van der Waals surface area contributed by atoms with Crippen molar-refractivity contribution >= 4 is 62.1 Å². The lowest BCUT2D eigenvalue weighted by Gasteiger charge is -2.36. The highest BCUT2D eigenvalue weighted by Crippen LogP contribution is 2.36. The molecular formula is C24H22Cl3N3O3S. The molecule has 1 aliphatic heterocycles. The average molecular weight is 539 g/mol. The Kier molecular flexibility index (Phi) is 7.40. The molecule has 10 heteroatoms. The van der Waals surface area contributed by atoms with E-state index >= 15 is 0 Å². The molecule has 0 bridgehead atoms. The Morgan fingerprint density at radius 3 is 2.21 bits per heavy atom. The van der Waals surface area contributed by atoms with Crippen LogP contribution in [0.25, 0.3) is 0 Å². The highest BCUT2D eigenvalue weighted by molar-refractivity contribution is 7.89. The lowest BCUT2D eigenvalue weighted by Crippen LogP contribution is -2.49. The summed E-state index contributed by atoms with van der Waals surface area (Å²) in [5, 5.41) is 4.00. The first kappa shape index (κ1) is 24.8. The highest BCUT2D eigenvalue weighted by atomic mass is 35.5. The van der Waals surface area contributed by atoms with Gasteiger partial charge in [-0.1, -0.05) is 58.6 Å². The zero-order valence-electron chi connectivity index (χ0n) is 18.3. The van der Waals surface area contributed by atoms with Gasteiger partial charge in [-0.15, -0.1) is 0 Å². The number of carbonyl (C=O) groups is 1. The fraction of sp³-hybridized carbons (Fsp3) is 0.208. The number of nitrogens with one attached hydrogen (secondary N) is 1. The maximum absolute atomic E-state index is 13.0. The number of amides is 1. The molecule has 6 nitrogen and oxygen atoms in total. The van der Waals surface area contributed by atoms with Crippen LogP contribution in [0.5, 0.6) is 0 Å². The van der Waals surface area contributed by atoms with Crippen LogP contribution in [0.1, 0.15) is 15.9 Å². The Hall–Kier alpha value is -2.29. The minimum Gasteiger partial charge on any atom is -0.366 e. The van der Waals surface area contributed by atoms with Crippen LogP contribution in [0.3, 0.4) is 0 Å². The van der Waals surface area contributed by atoms with Gasteiger partial charge in [0, 0.05) is 31.2 Å². The number of nitrogens with zero attached hydrogens (tertiary/aromatic N) is 2. The fourth-order valence-electron chi connectivity index (χ4n) is 3.81. The van der Waals surface area contributed by atoms with Crippen molar-refractivity contribution in [1.82, 2.24) is 4.31 Å². The first-order chi connectivity index (χ1) is 16.2. The molecule has 1 aliphatic rings. The molecule has 1 amide bonds. The summed E-state index contributed by atoms with van der Waals surface area (Å²) < 4.78 is 27.5. The van der Waals surface area contributed by atoms with Gasteiger partial charge in [0.05, 0.1) is 31.9 Å². The molecule has 0 radical (unpaired) electrons. The number of halogens is 3. The van der Waals surface area contributed by atoms with Gasteiger partial charge in [0.15, 0.2) is 0 Å². The number of sulfonamides is 1. The molecule has 3 aromatic rings. The van der Waals surface area contributed by atoms with Crippen LogP contribution in [-0.4, -0.2) is 44.8 Å². The summed E-state index contributed by atoms with van der Waals surface area (Å²) >= 11 is 18.6. The van der Waals surface area contributed by atoms with Crippen LogP contribution < -0.4 is 10.2 Å². The minimum atomic E-state index is -3.59. The van der Waals surface area contributed by atoms with Crippen LogP contribution in [-0.2, 0) is 10.0 Å². The number of benzene rings is 3. The molecule has 1 saturated heterocycles. The van der Waals surface area contributed by atoms with Gasteiger partial charge in [-0.25, -0.2) is 8.42 Å². The summed E-state index contributed by atoms with van der Waals surface area (Å²) in [6, 6.07) is 16.7. The van der Waals surface area contributed by atoms with E-state index in [1.165, 1.54) is 10.4 Å². The second kappa shape index (κ2) is 10.1. The molecule has 178 valence electrons. The normalized spacial score (nSPS) is 14.8. The molecule has 0 atom stereocenters. The zero-order chi connectivity index (χ0) is 24.5. The summed E-state index contributed by atoms with van der Waals surface area (Å²) in [5.41, 5.74) is 2.43. The number of rotatable bonds is 5. The smallest absolute Gasteiger partial charge is 0.257 e. The third kappa shape index (κ3) is 5.19. The van der Waals surface area contributed by atoms with Crippen molar-refractivity contribution < 1.29 is 13.2 Å². The first-order valence-electron chi connectivity index (χ1n) is 10.5. The van der Waals surface area contributed by atoms with Crippen molar-refractivity contribution in [2.24, 2.45) is 0 Å². The van der Waals surface area contributed by atoms with Crippen LogP contribution in [0, 0.1) is 6.92 Å². The van der Waals surface area contributed by atoms with E-state index < -0.39 is 15.9 Å². The Morgan fingerprint density at radius 1 is 0.882 bits per heavy atom. The zero-order valence-corrected chi connectivity index (χ0v) is 21.3. The van der Waals surface area contributed by atoms with Gasteiger partial charge in [0.1, 0.15) is 0 Å². The maximum Gasteiger partial charge on any atom is 0.257 e. The predicted molar refractivity (Wildman–Crippen MR) is 138 cm³/mol. The number of carbonyl (C=O) groups excluding carboxylic acids is 1. The summed E-state index contributed by atoms with van der Waals surface area (Å²) in [5.74, 6) is -0.397. The topological polar surface area (TPSA) is 69.7 Å². The summed E-state index contributed by atoms with van der Waals surface area (Å²) in [7, 11) is -3.59. The van der Waals surface area contributed by atoms with Gasteiger partial charge in [-0.3, -0.25) is 4.79 Å². The SMILES string of the molecule is Cc1ccc(S(=O)(=O)N2CCN(c3c(Cl)cccc3NC(=O)c3ccc(Cl)cc3Cl)CC2)cc1. The Balaban J connectivity index is 1.52. The van der Waals surface area contributed by atoms with Gasteiger partial charge in [0.25, 0.3) is 5.91 Å². The molecule has 0 spiro atoms. The Morgan fingerprint density at radius 2 is 1.56 bits per heavy atom. The molecule has 1 fully saturated rings. The number of piperazine rings is 1. The number of anilines is 2. The van der Waals surface area contributed by atoms with E-state index in [4.69, 9.17) is 34.8 Å². The lowest BCUT2D eigenvalue weighted by molar-refractivity contribution is 0.102. The van der Waals surface area contributed by atoms with Crippen molar-refractivity contribution in [3.8, 4) is 0 Å². The molecule has 0 saturated carbocycles. The molecule has 0 aliphatic carbocycles. The summed E-state index contributed by atoms with van der Waals surface area (Å²) in [6.07, 6.45) is 0. The number of hydrogen-bond donors (Lipinski definition) is 1.